The van der Waals surface area contributed by atoms with Crippen molar-refractivity contribution >= 4 is 0 Å². The lowest BCUT2D eigenvalue weighted by Gasteiger charge is -1.89. The molecule has 0 heterocycles. The van der Waals surface area contributed by atoms with Crippen LogP contribution < -0.4 is 0 Å². The van der Waals surface area contributed by atoms with Crippen molar-refractivity contribution in [1.82, 2.24) is 0 Å². The van der Waals surface area contributed by atoms with Gasteiger partial charge < -0.3 is 0 Å². The predicted molar refractivity (Wildman–Crippen MR) is 57.2 cm³/mol. The molecule has 0 atom stereocenters. The van der Waals surface area contributed by atoms with E-state index in [0.717, 1.165) is 0 Å². The molecule has 0 heteroatoms. The first-order valence-electron chi connectivity index (χ1n) is 4.84. The largest absolute Gasteiger partial charge is 0.0991 e. The molecule has 0 saturated carbocycles. The summed E-state index contributed by atoms with van der Waals surface area (Å²) in [5.41, 5.74) is 0. The van der Waals surface area contributed by atoms with Crippen molar-refractivity contribution in [3.8, 4) is 0 Å². The van der Waals surface area contributed by atoms with Gasteiger partial charge in [-0.25, -0.2) is 0 Å². The standard InChI is InChI=1S/C12H20/c1-3-5-7-9-11-12-10-8-6-4-2/h3,5,7-8,10H,1,4,6,9,11-12H2,2H3. The van der Waals surface area contributed by atoms with Gasteiger partial charge in [-0.2, -0.15) is 0 Å². The Morgan fingerprint density at radius 3 is 2.33 bits per heavy atom. The van der Waals surface area contributed by atoms with Crippen LogP contribution in [0.2, 0.25) is 0 Å². The maximum absolute atomic E-state index is 3.62. The Hall–Kier alpha value is -0.780. The number of allylic oxidation sites excluding steroid dienone is 5. The van der Waals surface area contributed by atoms with Gasteiger partial charge in [-0.3, -0.25) is 0 Å². The van der Waals surface area contributed by atoms with Crippen molar-refractivity contribution in [2.75, 3.05) is 0 Å². The molecule has 0 aromatic carbocycles. The molecule has 0 aliphatic carbocycles. The van der Waals surface area contributed by atoms with Crippen LogP contribution in [0.15, 0.2) is 37.0 Å². The van der Waals surface area contributed by atoms with E-state index in [2.05, 4.69) is 31.7 Å². The smallest absolute Gasteiger partial charge is 0.0345 e. The lowest BCUT2D eigenvalue weighted by atomic mass is 10.2. The van der Waals surface area contributed by atoms with E-state index in [1.165, 1.54) is 32.1 Å². The topological polar surface area (TPSA) is 0 Å². The van der Waals surface area contributed by atoms with Crippen LogP contribution in [0.3, 0.4) is 0 Å². The number of hydrogen-bond donors (Lipinski definition) is 0. The lowest BCUT2D eigenvalue weighted by Crippen LogP contribution is -1.69. The van der Waals surface area contributed by atoms with Gasteiger partial charge in [-0.05, 0) is 25.7 Å². The number of unbranched alkanes of at least 4 members (excludes halogenated alkanes) is 3. The van der Waals surface area contributed by atoms with Crippen molar-refractivity contribution < 1.29 is 0 Å². The molecule has 0 saturated heterocycles. The van der Waals surface area contributed by atoms with E-state index in [9.17, 15) is 0 Å². The van der Waals surface area contributed by atoms with Crippen molar-refractivity contribution in [2.45, 2.75) is 39.0 Å². The first-order chi connectivity index (χ1) is 5.91. The van der Waals surface area contributed by atoms with Crippen LogP contribution >= 0.6 is 0 Å². The van der Waals surface area contributed by atoms with Gasteiger partial charge in [0.05, 0.1) is 0 Å². The monoisotopic (exact) mass is 164 g/mol. The van der Waals surface area contributed by atoms with Crippen molar-refractivity contribution in [3.05, 3.63) is 37.0 Å². The predicted octanol–water partition coefficient (Wildman–Crippen LogP) is 4.26. The second-order valence-electron chi connectivity index (χ2n) is 2.85. The zero-order valence-electron chi connectivity index (χ0n) is 8.13. The van der Waals surface area contributed by atoms with E-state index >= 15 is 0 Å². The van der Waals surface area contributed by atoms with E-state index in [-0.39, 0.29) is 0 Å². The molecule has 0 nitrogen and oxygen atoms in total. The third-order valence-corrected chi connectivity index (χ3v) is 1.64. The van der Waals surface area contributed by atoms with E-state index in [1.807, 2.05) is 12.2 Å². The van der Waals surface area contributed by atoms with Crippen LogP contribution in [0, 0.1) is 0 Å². The maximum Gasteiger partial charge on any atom is -0.0345 e. The molecule has 0 bridgehead atoms. The van der Waals surface area contributed by atoms with Crippen molar-refractivity contribution in [2.24, 2.45) is 0 Å². The Labute approximate surface area is 76.7 Å². The molecule has 0 N–H and O–H groups in total. The van der Waals surface area contributed by atoms with Gasteiger partial charge >= 0.3 is 0 Å². The molecule has 0 amide bonds. The SMILES string of the molecule is C=CC=CCCCC=CCCC. The molecule has 0 radical (unpaired) electrons. The van der Waals surface area contributed by atoms with Gasteiger partial charge in [-0.15, -0.1) is 0 Å². The highest BCUT2D eigenvalue weighted by Gasteiger charge is 1.79. The Bertz CT molecular complexity index is 140. The zero-order chi connectivity index (χ0) is 9.07. The summed E-state index contributed by atoms with van der Waals surface area (Å²) >= 11 is 0. The van der Waals surface area contributed by atoms with Crippen LogP contribution in [0.1, 0.15) is 39.0 Å². The summed E-state index contributed by atoms with van der Waals surface area (Å²) in [7, 11) is 0. The van der Waals surface area contributed by atoms with E-state index in [4.69, 9.17) is 0 Å². The molecule has 0 aliphatic rings. The normalized spacial score (nSPS) is 11.4. The Morgan fingerprint density at radius 2 is 1.67 bits per heavy atom. The molecule has 0 unspecified atom stereocenters. The number of hydrogen-bond acceptors (Lipinski definition) is 0. The first-order valence-corrected chi connectivity index (χ1v) is 4.84. The fourth-order valence-corrected chi connectivity index (χ4v) is 0.948. The Morgan fingerprint density at radius 1 is 1.00 bits per heavy atom. The highest BCUT2D eigenvalue weighted by Crippen LogP contribution is 1.99. The summed E-state index contributed by atoms with van der Waals surface area (Å²) in [6.45, 7) is 5.82. The van der Waals surface area contributed by atoms with Gasteiger partial charge in [0, 0.05) is 0 Å². The molecular formula is C12H20. The first kappa shape index (κ1) is 11.2. The quantitative estimate of drug-likeness (QED) is 0.300. The third-order valence-electron chi connectivity index (χ3n) is 1.64. The summed E-state index contributed by atoms with van der Waals surface area (Å²) in [5, 5.41) is 0. The second-order valence-corrected chi connectivity index (χ2v) is 2.85. The van der Waals surface area contributed by atoms with Gasteiger partial charge in [-0.1, -0.05) is 50.3 Å². The minimum Gasteiger partial charge on any atom is -0.0991 e. The second kappa shape index (κ2) is 10.2. The van der Waals surface area contributed by atoms with Gasteiger partial charge in [0.15, 0.2) is 0 Å². The van der Waals surface area contributed by atoms with Crippen LogP contribution in [-0.2, 0) is 0 Å². The third kappa shape index (κ3) is 9.22. The van der Waals surface area contributed by atoms with Gasteiger partial charge in [0.25, 0.3) is 0 Å². The highest BCUT2D eigenvalue weighted by molar-refractivity contribution is 4.97. The molecule has 68 valence electrons. The molecule has 0 aliphatic heterocycles. The van der Waals surface area contributed by atoms with Crippen LogP contribution in [0.4, 0.5) is 0 Å². The molecule has 0 fully saturated rings. The van der Waals surface area contributed by atoms with E-state index in [0.29, 0.717) is 0 Å². The molecule has 0 spiro atoms. The molecule has 0 rings (SSSR count). The van der Waals surface area contributed by atoms with Crippen LogP contribution in [0.5, 0.6) is 0 Å². The van der Waals surface area contributed by atoms with Gasteiger partial charge in [0.1, 0.15) is 0 Å². The lowest BCUT2D eigenvalue weighted by molar-refractivity contribution is 0.859. The minimum atomic E-state index is 1.17. The Kier molecular flexibility index (Phi) is 9.56. The summed E-state index contributed by atoms with van der Waals surface area (Å²) in [6, 6.07) is 0. The zero-order valence-corrected chi connectivity index (χ0v) is 8.13. The average molecular weight is 164 g/mol. The maximum atomic E-state index is 3.62. The van der Waals surface area contributed by atoms with Crippen LogP contribution in [0.25, 0.3) is 0 Å². The Balaban J connectivity index is 3.09. The summed E-state index contributed by atoms with van der Waals surface area (Å²) in [6.07, 6.45) is 16.7. The molecular weight excluding hydrogens is 144 g/mol. The highest BCUT2D eigenvalue weighted by atomic mass is 13.9. The fourth-order valence-electron chi connectivity index (χ4n) is 0.948. The van der Waals surface area contributed by atoms with Gasteiger partial charge in [0.2, 0.25) is 0 Å². The minimum absolute atomic E-state index is 1.17. The summed E-state index contributed by atoms with van der Waals surface area (Å²) in [5.74, 6) is 0. The van der Waals surface area contributed by atoms with Crippen LogP contribution in [-0.4, -0.2) is 0 Å². The molecule has 0 aromatic rings. The average Bonchev–Trinajstić information content (AvgIpc) is 2.10. The van der Waals surface area contributed by atoms with E-state index < -0.39 is 0 Å². The van der Waals surface area contributed by atoms with Crippen molar-refractivity contribution in [1.29, 1.82) is 0 Å². The fraction of sp³-hybridized carbons (Fsp3) is 0.500. The summed E-state index contributed by atoms with van der Waals surface area (Å²) < 4.78 is 0. The molecule has 12 heavy (non-hydrogen) atoms. The summed E-state index contributed by atoms with van der Waals surface area (Å²) in [4.78, 5) is 0. The van der Waals surface area contributed by atoms with E-state index in [1.54, 1.807) is 0 Å². The molecule has 0 aromatic heterocycles. The van der Waals surface area contributed by atoms with Crippen molar-refractivity contribution in [3.63, 3.8) is 0 Å². The number of rotatable bonds is 7.